The van der Waals surface area contributed by atoms with Gasteiger partial charge in [-0.15, -0.1) is 0 Å². The van der Waals surface area contributed by atoms with Gasteiger partial charge in [0.15, 0.2) is 0 Å². The Morgan fingerprint density at radius 2 is 1.75 bits per heavy atom. The predicted octanol–water partition coefficient (Wildman–Crippen LogP) is 1.57. The van der Waals surface area contributed by atoms with Gasteiger partial charge < -0.3 is 5.32 Å². The summed E-state index contributed by atoms with van der Waals surface area (Å²) in [6.45, 7) is 5.55. The minimum absolute atomic E-state index is 0.121. The molecule has 0 aromatic rings. The van der Waals surface area contributed by atoms with Crippen LogP contribution < -0.4 is 5.32 Å². The molecule has 2 aliphatic rings. The second kappa shape index (κ2) is 6.73. The molecular formula is C14H29N3O2S. The average molecular weight is 303 g/mol. The van der Waals surface area contributed by atoms with Crippen LogP contribution in [0.15, 0.2) is 0 Å². The van der Waals surface area contributed by atoms with Crippen LogP contribution in [-0.4, -0.2) is 55.3 Å². The predicted molar refractivity (Wildman–Crippen MR) is 81.8 cm³/mol. The maximum atomic E-state index is 12.7. The molecule has 0 aromatic carbocycles. The molecule has 0 radical (unpaired) electrons. The summed E-state index contributed by atoms with van der Waals surface area (Å²) in [6.07, 6.45) is 6.50. The monoisotopic (exact) mass is 303 g/mol. The molecule has 1 saturated carbocycles. The van der Waals surface area contributed by atoms with Gasteiger partial charge in [0.25, 0.3) is 10.2 Å². The molecule has 1 aliphatic carbocycles. The van der Waals surface area contributed by atoms with Crippen molar-refractivity contribution in [3.8, 4) is 0 Å². The molecule has 0 bridgehead atoms. The van der Waals surface area contributed by atoms with E-state index in [1.54, 1.807) is 11.4 Å². The highest BCUT2D eigenvalue weighted by atomic mass is 32.2. The lowest BCUT2D eigenvalue weighted by molar-refractivity contribution is 0.191. The fraction of sp³-hybridized carbons (Fsp3) is 1.00. The van der Waals surface area contributed by atoms with Crippen LogP contribution in [0.1, 0.15) is 52.4 Å². The van der Waals surface area contributed by atoms with Crippen LogP contribution in [-0.2, 0) is 10.2 Å². The van der Waals surface area contributed by atoms with Gasteiger partial charge in [-0.05, 0) is 52.5 Å². The number of nitrogens with one attached hydrogen (secondary N) is 1. The molecule has 0 unspecified atom stereocenters. The lowest BCUT2D eigenvalue weighted by Crippen LogP contribution is -2.52. The molecule has 5 nitrogen and oxygen atoms in total. The third-order valence-electron chi connectivity index (χ3n) is 4.43. The highest BCUT2D eigenvalue weighted by Crippen LogP contribution is 2.27. The van der Waals surface area contributed by atoms with E-state index in [0.29, 0.717) is 12.6 Å². The molecule has 0 spiro atoms. The van der Waals surface area contributed by atoms with Crippen molar-refractivity contribution in [1.29, 1.82) is 0 Å². The first kappa shape index (κ1) is 16.2. The van der Waals surface area contributed by atoms with Crippen molar-refractivity contribution < 1.29 is 8.42 Å². The van der Waals surface area contributed by atoms with Crippen LogP contribution in [0.25, 0.3) is 0 Å². The van der Waals surface area contributed by atoms with Gasteiger partial charge in [-0.1, -0.05) is 6.42 Å². The molecule has 20 heavy (non-hydrogen) atoms. The Bertz CT molecular complexity index is 399. The lowest BCUT2D eigenvalue weighted by Gasteiger charge is -2.39. The first-order chi connectivity index (χ1) is 9.43. The van der Waals surface area contributed by atoms with Gasteiger partial charge in [0.2, 0.25) is 0 Å². The molecule has 2 rings (SSSR count). The standard InChI is InChI=1S/C14H29N3O2S/c1-12-6-4-7-13(2)17(12)20(18,19)16(3)11-5-10-15-14-8-9-14/h12-15H,4-11H2,1-3H3/t12-,13+. The van der Waals surface area contributed by atoms with Gasteiger partial charge in [0.1, 0.15) is 0 Å². The first-order valence-electron chi connectivity index (χ1n) is 7.91. The van der Waals surface area contributed by atoms with Crippen molar-refractivity contribution in [1.82, 2.24) is 13.9 Å². The van der Waals surface area contributed by atoms with Crippen LogP contribution >= 0.6 is 0 Å². The molecule has 1 heterocycles. The maximum Gasteiger partial charge on any atom is 0.282 e. The third-order valence-corrected chi connectivity index (χ3v) is 6.66. The molecular weight excluding hydrogens is 274 g/mol. The maximum absolute atomic E-state index is 12.7. The van der Waals surface area contributed by atoms with Crippen LogP contribution in [0.5, 0.6) is 0 Å². The summed E-state index contributed by atoms with van der Waals surface area (Å²) in [5.41, 5.74) is 0. The molecule has 2 atom stereocenters. The Kier molecular flexibility index (Phi) is 5.45. The van der Waals surface area contributed by atoms with E-state index in [2.05, 4.69) is 5.32 Å². The molecule has 1 N–H and O–H groups in total. The summed E-state index contributed by atoms with van der Waals surface area (Å²) in [7, 11) is -1.60. The van der Waals surface area contributed by atoms with Crippen LogP contribution in [0.2, 0.25) is 0 Å². The molecule has 0 aromatic heterocycles. The summed E-state index contributed by atoms with van der Waals surface area (Å²) in [6, 6.07) is 0.936. The molecule has 1 saturated heterocycles. The second-order valence-corrected chi connectivity index (χ2v) is 8.31. The molecule has 0 amide bonds. The van der Waals surface area contributed by atoms with Gasteiger partial charge in [-0.2, -0.15) is 17.0 Å². The zero-order valence-corrected chi connectivity index (χ0v) is 13.8. The summed E-state index contributed by atoms with van der Waals surface area (Å²) in [4.78, 5) is 0. The highest BCUT2D eigenvalue weighted by molar-refractivity contribution is 7.86. The fourth-order valence-electron chi connectivity index (χ4n) is 3.02. The van der Waals surface area contributed by atoms with Crippen molar-refractivity contribution in [2.75, 3.05) is 20.1 Å². The summed E-state index contributed by atoms with van der Waals surface area (Å²) < 4.78 is 28.6. The highest BCUT2D eigenvalue weighted by Gasteiger charge is 2.36. The zero-order chi connectivity index (χ0) is 14.8. The first-order valence-corrected chi connectivity index (χ1v) is 9.31. The second-order valence-electron chi connectivity index (χ2n) is 6.37. The van der Waals surface area contributed by atoms with Gasteiger partial charge in [0, 0.05) is 31.7 Å². The average Bonchev–Trinajstić information content (AvgIpc) is 3.17. The fourth-order valence-corrected chi connectivity index (χ4v) is 4.83. The molecule has 2 fully saturated rings. The minimum Gasteiger partial charge on any atom is -0.314 e. The van der Waals surface area contributed by atoms with E-state index < -0.39 is 10.2 Å². The van der Waals surface area contributed by atoms with Crippen molar-refractivity contribution in [3.63, 3.8) is 0 Å². The van der Waals surface area contributed by atoms with Gasteiger partial charge >= 0.3 is 0 Å². The summed E-state index contributed by atoms with van der Waals surface area (Å²) in [5.74, 6) is 0. The van der Waals surface area contributed by atoms with Crippen molar-refractivity contribution in [2.24, 2.45) is 0 Å². The molecule has 6 heteroatoms. The van der Waals surface area contributed by atoms with E-state index in [9.17, 15) is 8.42 Å². The summed E-state index contributed by atoms with van der Waals surface area (Å²) in [5, 5.41) is 3.43. The van der Waals surface area contributed by atoms with E-state index in [1.165, 1.54) is 17.1 Å². The Morgan fingerprint density at radius 1 is 1.15 bits per heavy atom. The smallest absolute Gasteiger partial charge is 0.282 e. The molecule has 1 aliphatic heterocycles. The quantitative estimate of drug-likeness (QED) is 0.726. The largest absolute Gasteiger partial charge is 0.314 e. The number of piperidine rings is 1. The lowest BCUT2D eigenvalue weighted by atomic mass is 10.0. The van der Waals surface area contributed by atoms with E-state index in [-0.39, 0.29) is 12.1 Å². The number of hydrogen-bond acceptors (Lipinski definition) is 3. The van der Waals surface area contributed by atoms with E-state index >= 15 is 0 Å². The molecule has 118 valence electrons. The number of rotatable bonds is 7. The van der Waals surface area contributed by atoms with Crippen LogP contribution in [0.4, 0.5) is 0 Å². The Morgan fingerprint density at radius 3 is 2.30 bits per heavy atom. The normalized spacial score (nSPS) is 29.0. The van der Waals surface area contributed by atoms with Gasteiger partial charge in [-0.25, -0.2) is 0 Å². The Labute approximate surface area is 123 Å². The third kappa shape index (κ3) is 3.93. The number of nitrogens with zero attached hydrogens (tertiary/aromatic N) is 2. The van der Waals surface area contributed by atoms with Crippen molar-refractivity contribution in [2.45, 2.75) is 70.5 Å². The topological polar surface area (TPSA) is 52.7 Å². The van der Waals surface area contributed by atoms with Crippen molar-refractivity contribution in [3.05, 3.63) is 0 Å². The minimum atomic E-state index is -3.31. The Balaban J connectivity index is 1.86. The van der Waals surface area contributed by atoms with Gasteiger partial charge in [0.05, 0.1) is 0 Å². The van der Waals surface area contributed by atoms with Crippen molar-refractivity contribution >= 4 is 10.2 Å². The van der Waals surface area contributed by atoms with E-state index in [1.807, 2.05) is 13.8 Å². The van der Waals surface area contributed by atoms with Crippen LogP contribution in [0.3, 0.4) is 0 Å². The van der Waals surface area contributed by atoms with Crippen LogP contribution in [0, 0.1) is 0 Å². The zero-order valence-electron chi connectivity index (χ0n) is 13.0. The van der Waals surface area contributed by atoms with E-state index in [0.717, 1.165) is 32.2 Å². The SMILES string of the molecule is C[C@@H]1CCC[C@H](C)N1S(=O)(=O)N(C)CCCNC1CC1. The number of hydrogen-bond donors (Lipinski definition) is 1. The van der Waals surface area contributed by atoms with E-state index in [4.69, 9.17) is 0 Å². The summed E-state index contributed by atoms with van der Waals surface area (Å²) >= 11 is 0. The van der Waals surface area contributed by atoms with Gasteiger partial charge in [-0.3, -0.25) is 0 Å². The Hall–Kier alpha value is -0.170.